The lowest BCUT2D eigenvalue weighted by molar-refractivity contribution is 0.192. The lowest BCUT2D eigenvalue weighted by Crippen LogP contribution is -2.41. The van der Waals surface area contributed by atoms with E-state index < -0.39 is 0 Å². The number of methoxy groups -OCH3 is 1. The third-order valence-electron chi connectivity index (χ3n) is 5.61. The molecule has 1 aromatic heterocycles. The number of carbonyl (C=O) groups excluding carboxylic acids is 1. The van der Waals surface area contributed by atoms with E-state index in [1.54, 1.807) is 7.11 Å². The lowest BCUT2D eigenvalue weighted by Gasteiger charge is -2.32. The number of likely N-dealkylation sites (tertiary alicyclic amines) is 1. The highest BCUT2D eigenvalue weighted by atomic mass is 32.1. The largest absolute Gasteiger partial charge is 0.495 e. The molecule has 1 fully saturated rings. The van der Waals surface area contributed by atoms with Gasteiger partial charge in [-0.1, -0.05) is 12.1 Å². The summed E-state index contributed by atoms with van der Waals surface area (Å²) in [6, 6.07) is 5.75. The maximum Gasteiger partial charge on any atom is 0.321 e. The van der Waals surface area contributed by atoms with Gasteiger partial charge < -0.3 is 15.0 Å². The molecule has 1 saturated heterocycles. The number of rotatable bonds is 3. The van der Waals surface area contributed by atoms with Gasteiger partial charge in [-0.25, -0.2) is 9.78 Å². The van der Waals surface area contributed by atoms with Gasteiger partial charge in [-0.2, -0.15) is 0 Å². The van der Waals surface area contributed by atoms with Crippen LogP contribution in [0.4, 0.5) is 10.5 Å². The van der Waals surface area contributed by atoms with Gasteiger partial charge in [-0.15, -0.1) is 11.3 Å². The Morgan fingerprint density at radius 3 is 2.96 bits per heavy atom. The van der Waals surface area contributed by atoms with Crippen molar-refractivity contribution < 1.29 is 9.53 Å². The van der Waals surface area contributed by atoms with E-state index in [0.717, 1.165) is 43.6 Å². The molecule has 0 saturated carbocycles. The van der Waals surface area contributed by atoms with Gasteiger partial charge in [0, 0.05) is 23.9 Å². The molecule has 144 valence electrons. The van der Waals surface area contributed by atoms with Crippen LogP contribution in [0, 0.1) is 6.92 Å². The summed E-state index contributed by atoms with van der Waals surface area (Å²) in [7, 11) is 1.63. The van der Waals surface area contributed by atoms with E-state index >= 15 is 0 Å². The second kappa shape index (κ2) is 7.89. The molecular formula is C21H27N3O2S. The van der Waals surface area contributed by atoms with E-state index in [0.29, 0.717) is 11.7 Å². The molecule has 27 heavy (non-hydrogen) atoms. The molecule has 2 aliphatic rings. The van der Waals surface area contributed by atoms with Gasteiger partial charge in [-0.05, 0) is 57.1 Å². The molecule has 1 aliphatic carbocycles. The molecule has 2 aromatic rings. The van der Waals surface area contributed by atoms with Crippen LogP contribution in [-0.4, -0.2) is 36.1 Å². The second-order valence-electron chi connectivity index (χ2n) is 7.50. The summed E-state index contributed by atoms with van der Waals surface area (Å²) in [5, 5.41) is 4.29. The van der Waals surface area contributed by atoms with E-state index in [1.807, 2.05) is 41.4 Å². The zero-order valence-corrected chi connectivity index (χ0v) is 16.9. The number of urea groups is 1. The molecule has 1 atom stereocenters. The first kappa shape index (κ1) is 18.3. The van der Waals surface area contributed by atoms with E-state index in [9.17, 15) is 4.79 Å². The fourth-order valence-corrected chi connectivity index (χ4v) is 5.35. The van der Waals surface area contributed by atoms with Gasteiger partial charge in [-0.3, -0.25) is 0 Å². The number of ether oxygens (including phenoxy) is 1. The number of aromatic nitrogens is 1. The number of nitrogens with one attached hydrogen (secondary N) is 1. The quantitative estimate of drug-likeness (QED) is 0.829. The number of fused-ring (bicyclic) bond motifs is 1. The molecule has 1 aliphatic heterocycles. The summed E-state index contributed by atoms with van der Waals surface area (Å²) in [5.74, 6) is 1.06. The molecule has 0 spiro atoms. The van der Waals surface area contributed by atoms with Crippen molar-refractivity contribution in [2.75, 3.05) is 25.5 Å². The lowest BCUT2D eigenvalue weighted by atomic mass is 9.98. The monoisotopic (exact) mass is 385 g/mol. The molecule has 2 amide bonds. The predicted molar refractivity (Wildman–Crippen MR) is 109 cm³/mol. The van der Waals surface area contributed by atoms with Crippen molar-refractivity contribution in [3.8, 4) is 5.75 Å². The molecule has 2 heterocycles. The van der Waals surface area contributed by atoms with Crippen LogP contribution in [0.15, 0.2) is 18.2 Å². The van der Waals surface area contributed by atoms with E-state index in [-0.39, 0.29) is 6.03 Å². The van der Waals surface area contributed by atoms with Crippen LogP contribution < -0.4 is 10.1 Å². The van der Waals surface area contributed by atoms with Crippen LogP contribution in [0.3, 0.4) is 0 Å². The number of aryl methyl sites for hydroxylation is 3. The highest BCUT2D eigenvalue weighted by Gasteiger charge is 2.28. The minimum Gasteiger partial charge on any atom is -0.495 e. The SMILES string of the molecule is COc1cccc(C)c1NC(=O)N1CCC[C@H](c2nc3c(s2)CCCC3)C1. The van der Waals surface area contributed by atoms with Crippen molar-refractivity contribution >= 4 is 23.1 Å². The highest BCUT2D eigenvalue weighted by molar-refractivity contribution is 7.11. The summed E-state index contributed by atoms with van der Waals surface area (Å²) in [6.07, 6.45) is 6.98. The summed E-state index contributed by atoms with van der Waals surface area (Å²) in [4.78, 5) is 21.2. The Morgan fingerprint density at radius 2 is 2.15 bits per heavy atom. The zero-order valence-electron chi connectivity index (χ0n) is 16.1. The number of carbonyl (C=O) groups is 1. The number of hydrogen-bond acceptors (Lipinski definition) is 4. The number of anilines is 1. The number of amides is 2. The minimum atomic E-state index is -0.0476. The number of thiazole rings is 1. The number of para-hydroxylation sites is 1. The normalized spacial score (nSPS) is 19.5. The van der Waals surface area contributed by atoms with E-state index in [1.165, 1.54) is 34.8 Å². The average Bonchev–Trinajstić information content (AvgIpc) is 3.14. The van der Waals surface area contributed by atoms with E-state index in [4.69, 9.17) is 9.72 Å². The van der Waals surface area contributed by atoms with Crippen molar-refractivity contribution in [1.29, 1.82) is 0 Å². The molecule has 6 heteroatoms. The summed E-state index contributed by atoms with van der Waals surface area (Å²) in [6.45, 7) is 3.52. The Morgan fingerprint density at radius 1 is 1.30 bits per heavy atom. The van der Waals surface area contributed by atoms with Crippen LogP contribution in [0.2, 0.25) is 0 Å². The molecule has 0 bridgehead atoms. The third kappa shape index (κ3) is 3.81. The Bertz CT molecular complexity index is 809. The predicted octanol–water partition coefficient (Wildman–Crippen LogP) is 4.75. The van der Waals surface area contributed by atoms with E-state index in [2.05, 4.69) is 5.32 Å². The van der Waals surface area contributed by atoms with Crippen molar-refractivity contribution in [2.45, 2.75) is 51.4 Å². The standard InChI is InChI=1S/C21H27N3O2S/c1-14-7-5-10-17(26-2)19(14)23-21(25)24-12-6-8-15(13-24)20-22-16-9-3-4-11-18(16)27-20/h5,7,10,15H,3-4,6,8-9,11-13H2,1-2H3,(H,23,25)/t15-/m0/s1. The molecule has 1 aromatic carbocycles. The van der Waals surface area contributed by atoms with Crippen LogP contribution in [0.1, 0.15) is 52.7 Å². The maximum absolute atomic E-state index is 12.9. The van der Waals surface area contributed by atoms with Crippen molar-refractivity contribution in [3.63, 3.8) is 0 Å². The van der Waals surface area contributed by atoms with Gasteiger partial charge in [0.25, 0.3) is 0 Å². The molecular weight excluding hydrogens is 358 g/mol. The summed E-state index contributed by atoms with van der Waals surface area (Å²) < 4.78 is 5.41. The number of hydrogen-bond donors (Lipinski definition) is 1. The molecule has 4 rings (SSSR count). The number of benzene rings is 1. The van der Waals surface area contributed by atoms with Crippen LogP contribution >= 0.6 is 11.3 Å². The number of piperidine rings is 1. The Kier molecular flexibility index (Phi) is 5.34. The van der Waals surface area contributed by atoms with Crippen LogP contribution in [0.25, 0.3) is 0 Å². The first-order valence-electron chi connectivity index (χ1n) is 9.83. The topological polar surface area (TPSA) is 54.5 Å². The second-order valence-corrected chi connectivity index (χ2v) is 8.61. The first-order valence-corrected chi connectivity index (χ1v) is 10.7. The van der Waals surface area contributed by atoms with Crippen molar-refractivity contribution in [2.24, 2.45) is 0 Å². The van der Waals surface area contributed by atoms with Gasteiger partial charge in [0.15, 0.2) is 0 Å². The smallest absolute Gasteiger partial charge is 0.321 e. The fraction of sp³-hybridized carbons (Fsp3) is 0.524. The highest BCUT2D eigenvalue weighted by Crippen LogP contribution is 2.35. The minimum absolute atomic E-state index is 0.0476. The Balaban J connectivity index is 1.47. The summed E-state index contributed by atoms with van der Waals surface area (Å²) >= 11 is 1.88. The molecule has 1 N–H and O–H groups in total. The van der Waals surface area contributed by atoms with Crippen molar-refractivity contribution in [1.82, 2.24) is 9.88 Å². The van der Waals surface area contributed by atoms with Gasteiger partial charge >= 0.3 is 6.03 Å². The Labute approximate surface area is 164 Å². The van der Waals surface area contributed by atoms with Crippen LogP contribution in [-0.2, 0) is 12.8 Å². The first-order chi connectivity index (χ1) is 13.2. The Hall–Kier alpha value is -2.08. The van der Waals surface area contributed by atoms with Gasteiger partial charge in [0.2, 0.25) is 0 Å². The summed E-state index contributed by atoms with van der Waals surface area (Å²) in [5.41, 5.74) is 3.08. The zero-order chi connectivity index (χ0) is 18.8. The fourth-order valence-electron chi connectivity index (χ4n) is 4.07. The van der Waals surface area contributed by atoms with Gasteiger partial charge in [0.05, 0.1) is 23.5 Å². The maximum atomic E-state index is 12.9. The average molecular weight is 386 g/mol. The van der Waals surface area contributed by atoms with Crippen molar-refractivity contribution in [3.05, 3.63) is 39.3 Å². The molecule has 5 nitrogen and oxygen atoms in total. The third-order valence-corrected chi connectivity index (χ3v) is 6.93. The van der Waals surface area contributed by atoms with Crippen LogP contribution in [0.5, 0.6) is 5.75 Å². The number of nitrogens with zero attached hydrogens (tertiary/aromatic N) is 2. The molecule has 0 unspecified atom stereocenters. The van der Waals surface area contributed by atoms with Gasteiger partial charge in [0.1, 0.15) is 5.75 Å². The molecule has 0 radical (unpaired) electrons.